The van der Waals surface area contributed by atoms with Crippen molar-refractivity contribution in [1.29, 1.82) is 0 Å². The molecule has 1 aliphatic carbocycles. The second-order valence-corrected chi connectivity index (χ2v) is 8.61. The normalized spacial score (nSPS) is 13.2. The summed E-state index contributed by atoms with van der Waals surface area (Å²) in [6.45, 7) is 6.12. The number of carboxylic acids is 1. The number of unbranched alkanes of at least 4 members (excludes halogenated alkanes) is 1. The zero-order valence-electron chi connectivity index (χ0n) is 18.6. The van der Waals surface area contributed by atoms with E-state index in [1.165, 1.54) is 24.7 Å². The smallest absolute Gasteiger partial charge is 0.303 e. The molecule has 2 aromatic rings. The summed E-state index contributed by atoms with van der Waals surface area (Å²) in [6.07, 6.45) is 8.03. The number of anilines is 1. The Morgan fingerprint density at radius 3 is 2.65 bits per heavy atom. The molecule has 0 unspecified atom stereocenters. The molecule has 0 atom stereocenters. The van der Waals surface area contributed by atoms with Crippen LogP contribution in [0.4, 0.5) is 5.82 Å². The van der Waals surface area contributed by atoms with Gasteiger partial charge in [0.2, 0.25) is 0 Å². The Balaban J connectivity index is 1.62. The summed E-state index contributed by atoms with van der Waals surface area (Å²) in [5.74, 6) is 0.860. The van der Waals surface area contributed by atoms with Gasteiger partial charge in [-0.2, -0.15) is 0 Å². The monoisotopic (exact) mass is 423 g/mol. The second-order valence-electron chi connectivity index (χ2n) is 8.61. The number of hydrogen-bond donors (Lipinski definition) is 1. The molecule has 6 nitrogen and oxygen atoms in total. The standard InChI is InChI=1S/C25H33N3O3/c1-3-12-28(16-20-8-9-20)24-15-22(26-17-27-24)23(29)14-21-11-10-19(13-18(21)2)6-4-5-7-25(30)31/h10-11,13,15,17,20H,3-9,12,14,16H2,1-2H3,(H,30,31). The van der Waals surface area contributed by atoms with Crippen LogP contribution < -0.4 is 4.90 Å². The molecule has 0 radical (unpaired) electrons. The molecule has 1 aromatic carbocycles. The Bertz CT molecular complexity index is 909. The van der Waals surface area contributed by atoms with Crippen molar-refractivity contribution in [3.05, 3.63) is 53.0 Å². The molecule has 1 heterocycles. The van der Waals surface area contributed by atoms with Gasteiger partial charge in [-0.05, 0) is 68.1 Å². The molecular formula is C25H33N3O3. The van der Waals surface area contributed by atoms with Gasteiger partial charge in [0.1, 0.15) is 17.8 Å². The predicted molar refractivity (Wildman–Crippen MR) is 122 cm³/mol. The number of aryl methyl sites for hydroxylation is 2. The zero-order valence-corrected chi connectivity index (χ0v) is 18.6. The number of carbonyl (C=O) groups is 2. The fourth-order valence-corrected chi connectivity index (χ4v) is 3.83. The van der Waals surface area contributed by atoms with Gasteiger partial charge < -0.3 is 10.0 Å². The van der Waals surface area contributed by atoms with E-state index in [1.807, 2.05) is 25.1 Å². The summed E-state index contributed by atoms with van der Waals surface area (Å²) in [5, 5.41) is 8.74. The first-order valence-electron chi connectivity index (χ1n) is 11.4. The van der Waals surface area contributed by atoms with Crippen molar-refractivity contribution in [3.63, 3.8) is 0 Å². The SMILES string of the molecule is CCCN(CC1CC1)c1cc(C(=O)Cc2ccc(CCCCC(=O)O)cc2C)ncn1. The summed E-state index contributed by atoms with van der Waals surface area (Å²) < 4.78 is 0. The topological polar surface area (TPSA) is 83.4 Å². The number of aromatic nitrogens is 2. The maximum Gasteiger partial charge on any atom is 0.303 e. The lowest BCUT2D eigenvalue weighted by Gasteiger charge is -2.23. The Morgan fingerprint density at radius 1 is 1.16 bits per heavy atom. The van der Waals surface area contributed by atoms with Crippen LogP contribution in [0.25, 0.3) is 0 Å². The quantitative estimate of drug-likeness (QED) is 0.373. The summed E-state index contributed by atoms with van der Waals surface area (Å²) in [5.41, 5.74) is 3.74. The van der Waals surface area contributed by atoms with Crippen LogP contribution in [0.5, 0.6) is 0 Å². The highest BCUT2D eigenvalue weighted by Crippen LogP contribution is 2.31. The summed E-state index contributed by atoms with van der Waals surface area (Å²) in [7, 11) is 0. The summed E-state index contributed by atoms with van der Waals surface area (Å²) in [4.78, 5) is 34.5. The third-order valence-corrected chi connectivity index (χ3v) is 5.80. The van der Waals surface area contributed by atoms with Gasteiger partial charge in [-0.15, -0.1) is 0 Å². The highest BCUT2D eigenvalue weighted by atomic mass is 16.4. The predicted octanol–water partition coefficient (Wildman–Crippen LogP) is 4.63. The van der Waals surface area contributed by atoms with Crippen LogP contribution in [0, 0.1) is 12.8 Å². The first-order chi connectivity index (χ1) is 15.0. The van der Waals surface area contributed by atoms with Crippen molar-refractivity contribution in [1.82, 2.24) is 9.97 Å². The fourth-order valence-electron chi connectivity index (χ4n) is 3.83. The van der Waals surface area contributed by atoms with Gasteiger partial charge in [0.15, 0.2) is 5.78 Å². The van der Waals surface area contributed by atoms with Gasteiger partial charge >= 0.3 is 5.97 Å². The van der Waals surface area contributed by atoms with Crippen LogP contribution in [0.15, 0.2) is 30.6 Å². The lowest BCUT2D eigenvalue weighted by molar-refractivity contribution is -0.137. The van der Waals surface area contributed by atoms with Crippen LogP contribution in [0.1, 0.15) is 72.6 Å². The molecule has 0 amide bonds. The summed E-state index contributed by atoms with van der Waals surface area (Å²) in [6, 6.07) is 8.00. The first-order valence-corrected chi connectivity index (χ1v) is 11.4. The molecule has 1 aliphatic rings. The number of ketones is 1. The Hall–Kier alpha value is -2.76. The van der Waals surface area contributed by atoms with Gasteiger partial charge in [-0.1, -0.05) is 25.1 Å². The second kappa shape index (κ2) is 11.0. The minimum absolute atomic E-state index is 0.00354. The van der Waals surface area contributed by atoms with Gasteiger partial charge in [-0.3, -0.25) is 9.59 Å². The van der Waals surface area contributed by atoms with E-state index in [4.69, 9.17) is 5.11 Å². The van der Waals surface area contributed by atoms with E-state index in [-0.39, 0.29) is 12.2 Å². The number of aliphatic carboxylic acids is 1. The van der Waals surface area contributed by atoms with Gasteiger partial charge in [0.05, 0.1) is 0 Å². The molecule has 1 aromatic heterocycles. The minimum Gasteiger partial charge on any atom is -0.481 e. The van der Waals surface area contributed by atoms with Crippen LogP contribution in [0.3, 0.4) is 0 Å². The van der Waals surface area contributed by atoms with E-state index in [2.05, 4.69) is 27.9 Å². The van der Waals surface area contributed by atoms with Gasteiger partial charge in [0, 0.05) is 32.0 Å². The largest absolute Gasteiger partial charge is 0.481 e. The lowest BCUT2D eigenvalue weighted by atomic mass is 9.97. The molecule has 3 rings (SSSR count). The first kappa shape index (κ1) is 22.9. The number of carbonyl (C=O) groups excluding carboxylic acids is 1. The Morgan fingerprint density at radius 2 is 1.97 bits per heavy atom. The van der Waals surface area contributed by atoms with Crippen molar-refractivity contribution < 1.29 is 14.7 Å². The number of rotatable bonds is 13. The molecule has 1 saturated carbocycles. The maximum absolute atomic E-state index is 12.9. The number of carboxylic acid groups (broad SMARTS) is 1. The number of hydrogen-bond acceptors (Lipinski definition) is 5. The Kier molecular flexibility index (Phi) is 8.15. The van der Waals surface area contributed by atoms with Crippen LogP contribution >= 0.6 is 0 Å². The fraction of sp³-hybridized carbons (Fsp3) is 0.520. The van der Waals surface area contributed by atoms with E-state index in [1.54, 1.807) is 0 Å². The van der Waals surface area contributed by atoms with E-state index in [0.717, 1.165) is 55.2 Å². The molecule has 0 saturated heterocycles. The Labute approximate surface area is 184 Å². The molecule has 1 N–H and O–H groups in total. The summed E-state index contributed by atoms with van der Waals surface area (Å²) >= 11 is 0. The van der Waals surface area contributed by atoms with Gasteiger partial charge in [-0.25, -0.2) is 9.97 Å². The van der Waals surface area contributed by atoms with E-state index in [0.29, 0.717) is 18.5 Å². The van der Waals surface area contributed by atoms with Crippen LogP contribution in [-0.2, 0) is 17.6 Å². The van der Waals surface area contributed by atoms with Crippen LogP contribution in [-0.4, -0.2) is 39.9 Å². The molecule has 0 spiro atoms. The molecule has 166 valence electrons. The molecule has 0 bridgehead atoms. The van der Waals surface area contributed by atoms with E-state index < -0.39 is 5.97 Å². The third-order valence-electron chi connectivity index (χ3n) is 5.80. The molecule has 1 fully saturated rings. The van der Waals surface area contributed by atoms with E-state index in [9.17, 15) is 9.59 Å². The highest BCUT2D eigenvalue weighted by molar-refractivity contribution is 5.96. The molecule has 31 heavy (non-hydrogen) atoms. The van der Waals surface area contributed by atoms with E-state index >= 15 is 0 Å². The molecular weight excluding hydrogens is 390 g/mol. The number of benzene rings is 1. The van der Waals surface area contributed by atoms with Crippen molar-refractivity contribution in [2.24, 2.45) is 5.92 Å². The number of Topliss-reactive ketones (excluding diaryl/α,β-unsaturated/α-hetero) is 1. The average Bonchev–Trinajstić information content (AvgIpc) is 3.57. The van der Waals surface area contributed by atoms with Crippen molar-refractivity contribution in [3.8, 4) is 0 Å². The van der Waals surface area contributed by atoms with Gasteiger partial charge in [0.25, 0.3) is 0 Å². The average molecular weight is 424 g/mol. The minimum atomic E-state index is -0.747. The highest BCUT2D eigenvalue weighted by Gasteiger charge is 2.25. The van der Waals surface area contributed by atoms with Crippen molar-refractivity contribution in [2.45, 2.75) is 65.2 Å². The molecule has 0 aliphatic heterocycles. The third kappa shape index (κ3) is 7.16. The van der Waals surface area contributed by atoms with Crippen LogP contribution in [0.2, 0.25) is 0 Å². The molecule has 6 heteroatoms. The van der Waals surface area contributed by atoms with Crippen molar-refractivity contribution >= 4 is 17.6 Å². The number of nitrogens with zero attached hydrogens (tertiary/aromatic N) is 3. The lowest BCUT2D eigenvalue weighted by Crippen LogP contribution is -2.27. The van der Waals surface area contributed by atoms with Crippen molar-refractivity contribution in [2.75, 3.05) is 18.0 Å². The zero-order chi connectivity index (χ0) is 22.2. The maximum atomic E-state index is 12.9.